The van der Waals surface area contributed by atoms with Crippen LogP contribution < -0.4 is 15.4 Å². The Balaban J connectivity index is 1.47. The van der Waals surface area contributed by atoms with E-state index in [1.807, 2.05) is 42.5 Å². The normalized spacial score (nSPS) is 10.3. The molecule has 4 rings (SSSR count). The van der Waals surface area contributed by atoms with Gasteiger partial charge in [0.15, 0.2) is 0 Å². The van der Waals surface area contributed by atoms with Gasteiger partial charge in [0.05, 0.1) is 18.5 Å². The lowest BCUT2D eigenvalue weighted by Crippen LogP contribution is -2.16. The van der Waals surface area contributed by atoms with Crippen LogP contribution in [0.25, 0.3) is 11.1 Å². The van der Waals surface area contributed by atoms with Crippen LogP contribution in [0, 0.1) is 0 Å². The third-order valence-electron chi connectivity index (χ3n) is 5.03. The standard InChI is InChI=1S/C27H22N2O3/c1-32-23-17-15-22(16-18-23)27(31)29-25-10-6-5-9-24(25)28-26(30)21-13-11-20(12-14-21)19-7-3-2-4-8-19/h2-18H,1H3,(H,28,30)(H,29,31). The van der Waals surface area contributed by atoms with Crippen molar-refractivity contribution >= 4 is 23.2 Å². The number of nitrogens with one attached hydrogen (secondary N) is 2. The second kappa shape index (κ2) is 9.62. The first-order valence-corrected chi connectivity index (χ1v) is 10.2. The van der Waals surface area contributed by atoms with E-state index in [4.69, 9.17) is 4.74 Å². The van der Waals surface area contributed by atoms with Gasteiger partial charge in [-0.1, -0.05) is 54.6 Å². The van der Waals surface area contributed by atoms with Crippen molar-refractivity contribution in [3.8, 4) is 16.9 Å². The predicted molar refractivity (Wildman–Crippen MR) is 127 cm³/mol. The summed E-state index contributed by atoms with van der Waals surface area (Å²) in [5.41, 5.74) is 4.18. The van der Waals surface area contributed by atoms with Gasteiger partial charge in [0.25, 0.3) is 11.8 Å². The van der Waals surface area contributed by atoms with Gasteiger partial charge in [-0.15, -0.1) is 0 Å². The topological polar surface area (TPSA) is 67.4 Å². The number of benzene rings is 4. The summed E-state index contributed by atoms with van der Waals surface area (Å²) < 4.78 is 5.13. The van der Waals surface area contributed by atoms with Crippen molar-refractivity contribution in [3.63, 3.8) is 0 Å². The molecular formula is C27H22N2O3. The molecule has 0 aliphatic carbocycles. The fourth-order valence-corrected chi connectivity index (χ4v) is 3.28. The van der Waals surface area contributed by atoms with Gasteiger partial charge < -0.3 is 15.4 Å². The number of ether oxygens (including phenoxy) is 1. The molecular weight excluding hydrogens is 400 g/mol. The van der Waals surface area contributed by atoms with Crippen molar-refractivity contribution in [3.05, 3.63) is 114 Å². The van der Waals surface area contributed by atoms with E-state index in [2.05, 4.69) is 10.6 Å². The van der Waals surface area contributed by atoms with E-state index in [-0.39, 0.29) is 11.8 Å². The lowest BCUT2D eigenvalue weighted by atomic mass is 10.0. The van der Waals surface area contributed by atoms with Crippen LogP contribution in [-0.2, 0) is 0 Å². The molecule has 0 aromatic heterocycles. The van der Waals surface area contributed by atoms with E-state index in [9.17, 15) is 9.59 Å². The summed E-state index contributed by atoms with van der Waals surface area (Å²) in [5.74, 6) is 0.143. The molecule has 158 valence electrons. The number of para-hydroxylation sites is 2. The van der Waals surface area contributed by atoms with E-state index in [1.54, 1.807) is 67.8 Å². The maximum atomic E-state index is 12.8. The first-order chi connectivity index (χ1) is 15.6. The Bertz CT molecular complexity index is 1220. The van der Waals surface area contributed by atoms with Gasteiger partial charge in [0, 0.05) is 11.1 Å². The molecule has 0 fully saturated rings. The molecule has 0 saturated carbocycles. The molecule has 0 aliphatic rings. The monoisotopic (exact) mass is 422 g/mol. The van der Waals surface area contributed by atoms with Crippen molar-refractivity contribution in [2.24, 2.45) is 0 Å². The van der Waals surface area contributed by atoms with E-state index < -0.39 is 0 Å². The van der Waals surface area contributed by atoms with Gasteiger partial charge in [-0.05, 0) is 59.7 Å². The molecule has 4 aromatic rings. The summed E-state index contributed by atoms with van der Waals surface area (Å²) in [6, 6.07) is 31.3. The minimum Gasteiger partial charge on any atom is -0.497 e. The zero-order valence-electron chi connectivity index (χ0n) is 17.5. The van der Waals surface area contributed by atoms with Crippen molar-refractivity contribution in [1.29, 1.82) is 0 Å². The number of carbonyl (C=O) groups excluding carboxylic acids is 2. The fraction of sp³-hybridized carbons (Fsp3) is 0.0370. The Hall–Kier alpha value is -4.38. The highest BCUT2D eigenvalue weighted by molar-refractivity contribution is 6.10. The maximum absolute atomic E-state index is 12.8. The molecule has 2 N–H and O–H groups in total. The number of anilines is 2. The fourth-order valence-electron chi connectivity index (χ4n) is 3.28. The van der Waals surface area contributed by atoms with Gasteiger partial charge in [-0.25, -0.2) is 0 Å². The average molecular weight is 422 g/mol. The van der Waals surface area contributed by atoms with Crippen LogP contribution in [0.4, 0.5) is 11.4 Å². The zero-order chi connectivity index (χ0) is 22.3. The summed E-state index contributed by atoms with van der Waals surface area (Å²) in [5, 5.41) is 5.74. The predicted octanol–water partition coefficient (Wildman–Crippen LogP) is 5.87. The SMILES string of the molecule is COc1ccc(C(=O)Nc2ccccc2NC(=O)c2ccc(-c3ccccc3)cc2)cc1. The smallest absolute Gasteiger partial charge is 0.255 e. The Morgan fingerprint density at radius 3 is 1.50 bits per heavy atom. The molecule has 0 spiro atoms. The number of carbonyl (C=O) groups is 2. The van der Waals surface area contributed by atoms with E-state index in [0.717, 1.165) is 11.1 Å². The molecule has 32 heavy (non-hydrogen) atoms. The van der Waals surface area contributed by atoms with E-state index in [0.29, 0.717) is 28.3 Å². The summed E-state index contributed by atoms with van der Waals surface area (Å²) >= 11 is 0. The summed E-state index contributed by atoms with van der Waals surface area (Å²) in [6.45, 7) is 0. The number of amides is 2. The minimum atomic E-state index is -0.276. The van der Waals surface area contributed by atoms with E-state index >= 15 is 0 Å². The van der Waals surface area contributed by atoms with Gasteiger partial charge >= 0.3 is 0 Å². The number of rotatable bonds is 6. The van der Waals surface area contributed by atoms with Crippen LogP contribution >= 0.6 is 0 Å². The lowest BCUT2D eigenvalue weighted by Gasteiger charge is -2.13. The average Bonchev–Trinajstić information content (AvgIpc) is 2.86. The van der Waals surface area contributed by atoms with E-state index in [1.165, 1.54) is 0 Å². The molecule has 0 unspecified atom stereocenters. The highest BCUT2D eigenvalue weighted by Gasteiger charge is 2.12. The maximum Gasteiger partial charge on any atom is 0.255 e. The van der Waals surface area contributed by atoms with Crippen molar-refractivity contribution in [2.45, 2.75) is 0 Å². The van der Waals surface area contributed by atoms with Crippen LogP contribution in [0.5, 0.6) is 5.75 Å². The second-order valence-electron chi connectivity index (χ2n) is 7.13. The van der Waals surface area contributed by atoms with Gasteiger partial charge in [0.1, 0.15) is 5.75 Å². The Morgan fingerprint density at radius 1 is 0.562 bits per heavy atom. The van der Waals surface area contributed by atoms with Crippen LogP contribution in [0.2, 0.25) is 0 Å². The molecule has 5 nitrogen and oxygen atoms in total. The van der Waals surface area contributed by atoms with Crippen molar-refractivity contribution in [2.75, 3.05) is 17.7 Å². The Labute approximate surface area is 186 Å². The summed E-state index contributed by atoms with van der Waals surface area (Å²) in [4.78, 5) is 25.4. The molecule has 0 radical (unpaired) electrons. The third kappa shape index (κ3) is 4.84. The Kier molecular flexibility index (Phi) is 6.28. The minimum absolute atomic E-state index is 0.254. The second-order valence-corrected chi connectivity index (χ2v) is 7.13. The molecule has 2 amide bonds. The largest absolute Gasteiger partial charge is 0.497 e. The van der Waals surface area contributed by atoms with Gasteiger partial charge in [0.2, 0.25) is 0 Å². The van der Waals surface area contributed by atoms with Gasteiger partial charge in [-0.3, -0.25) is 9.59 Å². The van der Waals surface area contributed by atoms with Gasteiger partial charge in [-0.2, -0.15) is 0 Å². The highest BCUT2D eigenvalue weighted by atomic mass is 16.5. The lowest BCUT2D eigenvalue weighted by molar-refractivity contribution is 0.101. The molecule has 0 bridgehead atoms. The van der Waals surface area contributed by atoms with Crippen LogP contribution in [0.1, 0.15) is 20.7 Å². The molecule has 0 aliphatic heterocycles. The molecule has 4 aromatic carbocycles. The molecule has 0 atom stereocenters. The highest BCUT2D eigenvalue weighted by Crippen LogP contribution is 2.24. The molecule has 0 heterocycles. The third-order valence-corrected chi connectivity index (χ3v) is 5.03. The number of methoxy groups -OCH3 is 1. The van der Waals surface area contributed by atoms with Crippen molar-refractivity contribution in [1.82, 2.24) is 0 Å². The first kappa shape index (κ1) is 20.9. The van der Waals surface area contributed by atoms with Crippen LogP contribution in [-0.4, -0.2) is 18.9 Å². The first-order valence-electron chi connectivity index (χ1n) is 10.2. The summed E-state index contributed by atoms with van der Waals surface area (Å²) in [7, 11) is 1.57. The quantitative estimate of drug-likeness (QED) is 0.409. The van der Waals surface area contributed by atoms with Crippen LogP contribution in [0.3, 0.4) is 0 Å². The number of hydrogen-bond acceptors (Lipinski definition) is 3. The zero-order valence-corrected chi connectivity index (χ0v) is 17.5. The number of hydrogen-bond donors (Lipinski definition) is 2. The molecule has 0 saturated heterocycles. The van der Waals surface area contributed by atoms with Crippen molar-refractivity contribution < 1.29 is 14.3 Å². The Morgan fingerprint density at radius 2 is 1.00 bits per heavy atom. The molecule has 5 heteroatoms. The summed E-state index contributed by atoms with van der Waals surface area (Å²) in [6.07, 6.45) is 0. The van der Waals surface area contributed by atoms with Crippen LogP contribution in [0.15, 0.2) is 103 Å².